The number of carbonyl (C=O) groups is 1. The molecule has 0 saturated heterocycles. The zero-order valence-corrected chi connectivity index (χ0v) is 15.6. The molecule has 0 saturated carbocycles. The average Bonchev–Trinajstić information content (AvgIpc) is 2.45. The summed E-state index contributed by atoms with van der Waals surface area (Å²) in [5, 5.41) is 26.9. The van der Waals surface area contributed by atoms with Gasteiger partial charge in [-0.25, -0.2) is 4.90 Å². The van der Waals surface area contributed by atoms with Crippen molar-refractivity contribution in [2.24, 2.45) is 0 Å². The third-order valence-corrected chi connectivity index (χ3v) is 3.72. The normalized spacial score (nSPS) is 14.8. The Morgan fingerprint density at radius 1 is 0.739 bits per heavy atom. The first kappa shape index (κ1) is 24.8. The Balaban J connectivity index is 0. The van der Waals surface area contributed by atoms with E-state index in [0.717, 1.165) is 19.1 Å². The molecule has 3 unspecified atom stereocenters. The molecule has 140 valence electrons. The standard InChI is InChI=1S/C12H24O.C6H15NO3/c1-2-3-4-5-6-7-8-9-10-11-12-13;1-4(8)7(5(2)9)6(3)10/h12H,2-11H2,1H3;4-6,8-10H,1-3H3. The van der Waals surface area contributed by atoms with Gasteiger partial charge in [-0.2, -0.15) is 0 Å². The number of unbranched alkanes of at least 4 members (excludes halogenated alkanes) is 9. The number of aliphatic hydroxyl groups excluding tert-OH is 3. The first-order valence-electron chi connectivity index (χ1n) is 9.13. The van der Waals surface area contributed by atoms with Crippen LogP contribution in [0.5, 0.6) is 0 Å². The fourth-order valence-corrected chi connectivity index (χ4v) is 2.47. The summed E-state index contributed by atoms with van der Waals surface area (Å²) >= 11 is 0. The summed E-state index contributed by atoms with van der Waals surface area (Å²) in [5.74, 6) is 0. The van der Waals surface area contributed by atoms with E-state index in [9.17, 15) is 4.79 Å². The summed E-state index contributed by atoms with van der Waals surface area (Å²) in [6.07, 6.45) is 11.2. The van der Waals surface area contributed by atoms with Crippen molar-refractivity contribution >= 4 is 6.29 Å². The smallest absolute Gasteiger partial charge is 0.119 e. The van der Waals surface area contributed by atoms with Crippen molar-refractivity contribution in [3.05, 3.63) is 0 Å². The Hall–Kier alpha value is -0.490. The van der Waals surface area contributed by atoms with Gasteiger partial charge in [0.05, 0.1) is 0 Å². The maximum Gasteiger partial charge on any atom is 0.119 e. The molecule has 0 amide bonds. The molecule has 3 atom stereocenters. The summed E-state index contributed by atoms with van der Waals surface area (Å²) in [4.78, 5) is 11.2. The fraction of sp³-hybridized carbons (Fsp3) is 0.944. The van der Waals surface area contributed by atoms with Crippen LogP contribution in [0, 0.1) is 0 Å². The van der Waals surface area contributed by atoms with Crippen LogP contribution in [0.3, 0.4) is 0 Å². The van der Waals surface area contributed by atoms with E-state index in [4.69, 9.17) is 15.3 Å². The molecule has 3 N–H and O–H groups in total. The molecule has 0 aromatic rings. The van der Waals surface area contributed by atoms with Crippen LogP contribution in [0.4, 0.5) is 0 Å². The molecule has 5 nitrogen and oxygen atoms in total. The van der Waals surface area contributed by atoms with Gasteiger partial charge in [0.2, 0.25) is 0 Å². The number of aldehydes is 1. The highest BCUT2D eigenvalue weighted by Crippen LogP contribution is 2.09. The van der Waals surface area contributed by atoms with Gasteiger partial charge in [-0.05, 0) is 27.2 Å². The predicted molar refractivity (Wildman–Crippen MR) is 94.8 cm³/mol. The van der Waals surface area contributed by atoms with E-state index < -0.39 is 18.7 Å². The second-order valence-electron chi connectivity index (χ2n) is 6.13. The molecule has 0 rings (SSSR count). The monoisotopic (exact) mass is 333 g/mol. The Morgan fingerprint density at radius 3 is 1.35 bits per heavy atom. The molecule has 0 aliphatic rings. The minimum absolute atomic E-state index is 0.760. The predicted octanol–water partition coefficient (Wildman–Crippen LogP) is 3.41. The highest BCUT2D eigenvalue weighted by molar-refractivity contribution is 5.48. The van der Waals surface area contributed by atoms with Gasteiger partial charge in [-0.15, -0.1) is 0 Å². The van der Waals surface area contributed by atoms with Gasteiger partial charge in [0.1, 0.15) is 25.0 Å². The van der Waals surface area contributed by atoms with Crippen molar-refractivity contribution in [1.82, 2.24) is 4.90 Å². The Kier molecular flexibility index (Phi) is 19.2. The Morgan fingerprint density at radius 2 is 1.09 bits per heavy atom. The van der Waals surface area contributed by atoms with E-state index in [1.807, 2.05) is 0 Å². The van der Waals surface area contributed by atoms with E-state index >= 15 is 0 Å². The minimum atomic E-state index is -0.833. The van der Waals surface area contributed by atoms with Gasteiger partial charge in [-0.3, -0.25) is 0 Å². The van der Waals surface area contributed by atoms with E-state index in [1.165, 1.54) is 77.0 Å². The van der Waals surface area contributed by atoms with Crippen LogP contribution in [0.25, 0.3) is 0 Å². The molecule has 0 bridgehead atoms. The van der Waals surface area contributed by atoms with Gasteiger partial charge < -0.3 is 20.1 Å². The molecule has 0 aliphatic carbocycles. The Labute approximate surface area is 142 Å². The lowest BCUT2D eigenvalue weighted by Crippen LogP contribution is -2.45. The molecule has 0 aromatic heterocycles. The number of hydrogen-bond donors (Lipinski definition) is 3. The summed E-state index contributed by atoms with van der Waals surface area (Å²) in [6.45, 7) is 6.71. The lowest BCUT2D eigenvalue weighted by atomic mass is 10.1. The number of rotatable bonds is 13. The molecule has 5 heteroatoms. The molecule has 0 aliphatic heterocycles. The Bertz CT molecular complexity index is 226. The van der Waals surface area contributed by atoms with E-state index in [0.29, 0.717) is 0 Å². The number of carbonyl (C=O) groups excluding carboxylic acids is 1. The number of nitrogens with zero attached hydrogens (tertiary/aromatic N) is 1. The highest BCUT2D eigenvalue weighted by atomic mass is 16.4. The largest absolute Gasteiger partial charge is 0.379 e. The van der Waals surface area contributed by atoms with E-state index in [2.05, 4.69) is 6.92 Å². The van der Waals surface area contributed by atoms with E-state index in [1.54, 1.807) is 0 Å². The number of hydrogen-bond acceptors (Lipinski definition) is 5. The van der Waals surface area contributed by atoms with Gasteiger partial charge in [0.25, 0.3) is 0 Å². The summed E-state index contributed by atoms with van der Waals surface area (Å²) in [6, 6.07) is 0. The number of aliphatic hydroxyl groups is 3. The van der Waals surface area contributed by atoms with E-state index in [-0.39, 0.29) is 0 Å². The fourth-order valence-electron chi connectivity index (χ4n) is 2.47. The molecule has 0 spiro atoms. The minimum Gasteiger partial charge on any atom is -0.379 e. The van der Waals surface area contributed by atoms with Crippen molar-refractivity contribution in [2.75, 3.05) is 0 Å². The zero-order valence-electron chi connectivity index (χ0n) is 15.6. The molecule has 0 aromatic carbocycles. The van der Waals surface area contributed by atoms with Crippen LogP contribution in [0.2, 0.25) is 0 Å². The van der Waals surface area contributed by atoms with Gasteiger partial charge in [0, 0.05) is 6.42 Å². The quantitative estimate of drug-likeness (QED) is 0.273. The second kappa shape index (κ2) is 17.9. The maximum absolute atomic E-state index is 10.0. The summed E-state index contributed by atoms with van der Waals surface area (Å²) in [5.41, 5.74) is 0. The van der Waals surface area contributed by atoms with Crippen LogP contribution in [-0.4, -0.2) is 45.2 Å². The van der Waals surface area contributed by atoms with Gasteiger partial charge >= 0.3 is 0 Å². The summed E-state index contributed by atoms with van der Waals surface area (Å²) in [7, 11) is 0. The topological polar surface area (TPSA) is 81.0 Å². The molecule has 0 fully saturated rings. The lowest BCUT2D eigenvalue weighted by molar-refractivity contribution is -0.159. The third kappa shape index (κ3) is 17.7. The first-order valence-corrected chi connectivity index (χ1v) is 9.13. The van der Waals surface area contributed by atoms with Crippen LogP contribution in [0.15, 0.2) is 0 Å². The second-order valence-corrected chi connectivity index (χ2v) is 6.13. The van der Waals surface area contributed by atoms with Crippen LogP contribution < -0.4 is 0 Å². The maximum atomic E-state index is 10.0. The van der Waals surface area contributed by atoms with Crippen molar-refractivity contribution in [2.45, 2.75) is 111 Å². The third-order valence-electron chi connectivity index (χ3n) is 3.72. The van der Waals surface area contributed by atoms with Crippen LogP contribution in [0.1, 0.15) is 91.9 Å². The molecule has 23 heavy (non-hydrogen) atoms. The molecule has 0 radical (unpaired) electrons. The molecular formula is C18H39NO4. The van der Waals surface area contributed by atoms with Gasteiger partial charge in [0.15, 0.2) is 0 Å². The van der Waals surface area contributed by atoms with Crippen molar-refractivity contribution in [3.8, 4) is 0 Å². The SMILES string of the molecule is CC(O)N(C(C)O)C(C)O.CCCCCCCCCCCC=O. The zero-order chi connectivity index (χ0) is 18.1. The van der Waals surface area contributed by atoms with Crippen LogP contribution >= 0.6 is 0 Å². The lowest BCUT2D eigenvalue weighted by Gasteiger charge is -2.30. The van der Waals surface area contributed by atoms with Crippen LogP contribution in [-0.2, 0) is 4.79 Å². The van der Waals surface area contributed by atoms with Crippen molar-refractivity contribution < 1.29 is 20.1 Å². The average molecular weight is 334 g/mol. The first-order chi connectivity index (χ1) is 10.9. The highest BCUT2D eigenvalue weighted by Gasteiger charge is 2.20. The van der Waals surface area contributed by atoms with Crippen molar-refractivity contribution in [1.29, 1.82) is 0 Å². The summed E-state index contributed by atoms with van der Waals surface area (Å²) < 4.78 is 0. The molecular weight excluding hydrogens is 294 g/mol. The van der Waals surface area contributed by atoms with Crippen molar-refractivity contribution in [3.63, 3.8) is 0 Å². The van der Waals surface area contributed by atoms with Gasteiger partial charge in [-0.1, -0.05) is 58.3 Å². The molecule has 0 heterocycles.